The summed E-state index contributed by atoms with van der Waals surface area (Å²) in [6.45, 7) is 6.53. The molecule has 0 heterocycles. The Morgan fingerprint density at radius 2 is 1.17 bits per heavy atom. The molecule has 4 aromatic carbocycles. The van der Waals surface area contributed by atoms with Crippen molar-refractivity contribution >= 4 is 39.9 Å². The van der Waals surface area contributed by atoms with E-state index in [0.29, 0.717) is 0 Å². The van der Waals surface area contributed by atoms with Gasteiger partial charge in [0, 0.05) is 16.0 Å². The summed E-state index contributed by atoms with van der Waals surface area (Å²) < 4.78 is 0. The highest BCUT2D eigenvalue weighted by Crippen LogP contribution is 2.51. The van der Waals surface area contributed by atoms with E-state index in [2.05, 4.69) is 99.6 Å². The van der Waals surface area contributed by atoms with Crippen LogP contribution in [0, 0.1) is 13.8 Å². The van der Waals surface area contributed by atoms with E-state index in [1.807, 2.05) is 18.2 Å². The van der Waals surface area contributed by atoms with Gasteiger partial charge in [0.25, 0.3) is 0 Å². The average Bonchev–Trinajstić information content (AvgIpc) is 2.85. The Hall–Kier alpha value is -3.06. The first-order valence-electron chi connectivity index (χ1n) is 12.0. The first kappa shape index (κ1) is 23.7. The fraction of sp³-hybridized carbons (Fsp3) is 0.152. The third kappa shape index (κ3) is 4.87. The standard InChI is InChI=1S/C33H28Cl2/c1-21-10-14-24(15-11-21)30-20-31(26-6-4-8-28(34)18-26)33(27-7-5-9-29(35)19-27)32(23(30)3)25-16-12-22(2)13-17-25/h4-19,31H,20H2,1-3H3. The smallest absolute Gasteiger partial charge is 0.0412 e. The summed E-state index contributed by atoms with van der Waals surface area (Å²) in [4.78, 5) is 0. The summed E-state index contributed by atoms with van der Waals surface area (Å²) in [5.74, 6) is 0.142. The topological polar surface area (TPSA) is 0 Å². The predicted molar refractivity (Wildman–Crippen MR) is 152 cm³/mol. The van der Waals surface area contributed by atoms with Crippen LogP contribution in [0.4, 0.5) is 0 Å². The molecule has 1 aliphatic carbocycles. The van der Waals surface area contributed by atoms with Gasteiger partial charge in [-0.3, -0.25) is 0 Å². The van der Waals surface area contributed by atoms with Gasteiger partial charge in [-0.1, -0.05) is 107 Å². The minimum atomic E-state index is 0.142. The van der Waals surface area contributed by atoms with Crippen LogP contribution in [0.15, 0.2) is 103 Å². The van der Waals surface area contributed by atoms with Gasteiger partial charge < -0.3 is 0 Å². The van der Waals surface area contributed by atoms with E-state index in [9.17, 15) is 0 Å². The number of rotatable bonds is 4. The third-order valence-corrected chi connectivity index (χ3v) is 7.45. The van der Waals surface area contributed by atoms with Gasteiger partial charge in [0.15, 0.2) is 0 Å². The lowest BCUT2D eigenvalue weighted by molar-refractivity contribution is 0.883. The van der Waals surface area contributed by atoms with Crippen molar-refractivity contribution < 1.29 is 0 Å². The zero-order chi connectivity index (χ0) is 24.5. The van der Waals surface area contributed by atoms with E-state index >= 15 is 0 Å². The second kappa shape index (κ2) is 9.90. The molecule has 1 atom stereocenters. The summed E-state index contributed by atoms with van der Waals surface area (Å²) in [6.07, 6.45) is 0.895. The lowest BCUT2D eigenvalue weighted by atomic mass is 9.70. The number of hydrogen-bond donors (Lipinski definition) is 0. The molecule has 0 spiro atoms. The molecule has 0 aliphatic heterocycles. The highest BCUT2D eigenvalue weighted by Gasteiger charge is 2.31. The van der Waals surface area contributed by atoms with E-state index in [-0.39, 0.29) is 5.92 Å². The molecule has 0 radical (unpaired) electrons. The van der Waals surface area contributed by atoms with Crippen molar-refractivity contribution in [1.29, 1.82) is 0 Å². The van der Waals surface area contributed by atoms with Gasteiger partial charge >= 0.3 is 0 Å². The summed E-state index contributed by atoms with van der Waals surface area (Å²) in [5, 5.41) is 1.50. The van der Waals surface area contributed by atoms with Gasteiger partial charge in [0.1, 0.15) is 0 Å². The van der Waals surface area contributed by atoms with E-state index < -0.39 is 0 Å². The number of allylic oxidation sites excluding steroid dienone is 4. The fourth-order valence-electron chi connectivity index (χ4n) is 5.18. The van der Waals surface area contributed by atoms with Gasteiger partial charge in [-0.25, -0.2) is 0 Å². The van der Waals surface area contributed by atoms with Crippen molar-refractivity contribution in [2.75, 3.05) is 0 Å². The molecule has 0 amide bonds. The van der Waals surface area contributed by atoms with Crippen LogP contribution in [-0.4, -0.2) is 0 Å². The van der Waals surface area contributed by atoms with Crippen LogP contribution in [0.5, 0.6) is 0 Å². The summed E-state index contributed by atoms with van der Waals surface area (Å²) in [6, 6.07) is 34.3. The van der Waals surface area contributed by atoms with E-state index in [1.165, 1.54) is 50.1 Å². The molecule has 174 valence electrons. The van der Waals surface area contributed by atoms with Crippen molar-refractivity contribution in [3.8, 4) is 0 Å². The molecular weight excluding hydrogens is 467 g/mol. The molecule has 0 bridgehead atoms. The van der Waals surface area contributed by atoms with Crippen LogP contribution in [0.25, 0.3) is 16.7 Å². The first-order chi connectivity index (χ1) is 16.9. The van der Waals surface area contributed by atoms with Gasteiger partial charge in [-0.2, -0.15) is 0 Å². The van der Waals surface area contributed by atoms with Crippen LogP contribution in [0.3, 0.4) is 0 Å². The zero-order valence-corrected chi connectivity index (χ0v) is 21.8. The molecule has 0 saturated heterocycles. The maximum absolute atomic E-state index is 6.52. The maximum Gasteiger partial charge on any atom is 0.0412 e. The first-order valence-corrected chi connectivity index (χ1v) is 12.8. The van der Waals surface area contributed by atoms with Crippen molar-refractivity contribution in [3.63, 3.8) is 0 Å². The Labute approximate surface area is 218 Å². The SMILES string of the molecule is CC1=C(c2ccc(C)cc2)CC(c2cccc(Cl)c2)C(c2cccc(Cl)c2)=C1c1ccc(C)cc1. The third-order valence-electron chi connectivity index (χ3n) is 6.98. The van der Waals surface area contributed by atoms with Crippen molar-refractivity contribution in [2.24, 2.45) is 0 Å². The summed E-state index contributed by atoms with van der Waals surface area (Å²) >= 11 is 13.0. The molecule has 2 heteroatoms. The molecule has 1 unspecified atom stereocenters. The monoisotopic (exact) mass is 494 g/mol. The van der Waals surface area contributed by atoms with Crippen LogP contribution in [-0.2, 0) is 0 Å². The highest BCUT2D eigenvalue weighted by atomic mass is 35.5. The number of halogens is 2. The van der Waals surface area contributed by atoms with Crippen LogP contribution in [0.1, 0.15) is 52.6 Å². The predicted octanol–water partition coefficient (Wildman–Crippen LogP) is 10.2. The molecule has 0 N–H and O–H groups in total. The summed E-state index contributed by atoms with van der Waals surface area (Å²) in [5.41, 5.74) is 12.6. The molecule has 1 aliphatic rings. The van der Waals surface area contributed by atoms with E-state index in [4.69, 9.17) is 23.2 Å². The highest BCUT2D eigenvalue weighted by molar-refractivity contribution is 6.31. The Morgan fingerprint density at radius 1 is 0.600 bits per heavy atom. The summed E-state index contributed by atoms with van der Waals surface area (Å²) in [7, 11) is 0. The quantitative estimate of drug-likeness (QED) is 0.264. The van der Waals surface area contributed by atoms with Gasteiger partial charge in [0.05, 0.1) is 0 Å². The second-order valence-corrected chi connectivity index (χ2v) is 10.3. The number of aryl methyl sites for hydroxylation is 2. The Bertz CT molecular complexity index is 1440. The number of hydrogen-bond acceptors (Lipinski definition) is 0. The Morgan fingerprint density at radius 3 is 1.77 bits per heavy atom. The molecule has 0 nitrogen and oxygen atoms in total. The molecule has 35 heavy (non-hydrogen) atoms. The molecule has 4 aromatic rings. The van der Waals surface area contributed by atoms with Gasteiger partial charge in [-0.05, 0) is 96.0 Å². The lowest BCUT2D eigenvalue weighted by Gasteiger charge is -2.33. The van der Waals surface area contributed by atoms with Crippen LogP contribution in [0.2, 0.25) is 10.0 Å². The Balaban J connectivity index is 1.85. The molecular formula is C33H28Cl2. The van der Waals surface area contributed by atoms with Crippen molar-refractivity contribution in [3.05, 3.63) is 146 Å². The minimum Gasteiger partial charge on any atom is -0.0843 e. The van der Waals surface area contributed by atoms with Crippen LogP contribution >= 0.6 is 23.2 Å². The van der Waals surface area contributed by atoms with Gasteiger partial charge in [0.2, 0.25) is 0 Å². The molecule has 0 saturated carbocycles. The van der Waals surface area contributed by atoms with E-state index in [1.54, 1.807) is 0 Å². The lowest BCUT2D eigenvalue weighted by Crippen LogP contribution is -2.13. The maximum atomic E-state index is 6.52. The normalized spacial score (nSPS) is 16.1. The van der Waals surface area contributed by atoms with Gasteiger partial charge in [-0.15, -0.1) is 0 Å². The van der Waals surface area contributed by atoms with E-state index in [0.717, 1.165) is 22.0 Å². The average molecular weight is 495 g/mol. The minimum absolute atomic E-state index is 0.142. The largest absolute Gasteiger partial charge is 0.0843 e. The second-order valence-electron chi connectivity index (χ2n) is 9.45. The molecule has 5 rings (SSSR count). The fourth-order valence-corrected chi connectivity index (χ4v) is 5.57. The van der Waals surface area contributed by atoms with Crippen LogP contribution < -0.4 is 0 Å². The molecule has 0 aromatic heterocycles. The molecule has 0 fully saturated rings. The number of benzene rings is 4. The van der Waals surface area contributed by atoms with Crippen molar-refractivity contribution in [1.82, 2.24) is 0 Å². The Kier molecular flexibility index (Phi) is 6.69. The van der Waals surface area contributed by atoms with Crippen molar-refractivity contribution in [2.45, 2.75) is 33.1 Å². The zero-order valence-electron chi connectivity index (χ0n) is 20.3.